The maximum absolute atomic E-state index is 11.7. The Hall–Kier alpha value is -3.81. The molecule has 3 aromatic rings. The molecule has 0 radical (unpaired) electrons. The van der Waals surface area contributed by atoms with Crippen LogP contribution in [0.15, 0.2) is 52.9 Å². The Bertz CT molecular complexity index is 991. The summed E-state index contributed by atoms with van der Waals surface area (Å²) in [5, 5.41) is 26.9. The topological polar surface area (TPSA) is 129 Å². The Morgan fingerprint density at radius 1 is 1.00 bits per heavy atom. The second kappa shape index (κ2) is 7.61. The van der Waals surface area contributed by atoms with Gasteiger partial charge in [0.15, 0.2) is 0 Å². The van der Waals surface area contributed by atoms with Gasteiger partial charge in [-0.3, -0.25) is 4.79 Å². The van der Waals surface area contributed by atoms with Crippen LogP contribution < -0.4 is 5.32 Å². The quantitative estimate of drug-likeness (QED) is 0.574. The van der Waals surface area contributed by atoms with E-state index in [1.54, 1.807) is 43.3 Å². The SMILES string of the molecule is CC(=N)CC(=O)Nc1ccc(-c2nnc(-c3ccc(C(=O)O)cc3)o2)cc1. The standard InChI is InChI=1S/C19H16N4O4/c1-11(20)10-16(24)21-15-8-6-13(7-9-15)18-23-22-17(27-18)12-2-4-14(5-3-12)19(25)26/h2-9,20H,10H2,1H3,(H,21,24)(H,25,26). The highest BCUT2D eigenvalue weighted by Crippen LogP contribution is 2.25. The van der Waals surface area contributed by atoms with Crippen LogP contribution in [-0.4, -0.2) is 32.9 Å². The minimum atomic E-state index is -1.00. The first-order valence-corrected chi connectivity index (χ1v) is 8.04. The summed E-state index contributed by atoms with van der Waals surface area (Å²) in [7, 11) is 0. The molecule has 8 heteroatoms. The van der Waals surface area contributed by atoms with Gasteiger partial charge >= 0.3 is 5.97 Å². The van der Waals surface area contributed by atoms with E-state index in [9.17, 15) is 9.59 Å². The van der Waals surface area contributed by atoms with E-state index in [0.717, 1.165) is 0 Å². The molecule has 1 heterocycles. The molecule has 0 unspecified atom stereocenters. The molecule has 1 aromatic heterocycles. The summed E-state index contributed by atoms with van der Waals surface area (Å²) in [5.41, 5.74) is 2.36. The van der Waals surface area contributed by atoms with Crippen LogP contribution in [0.3, 0.4) is 0 Å². The number of amides is 1. The van der Waals surface area contributed by atoms with Gasteiger partial charge in [0.1, 0.15) is 0 Å². The van der Waals surface area contributed by atoms with Crippen LogP contribution in [0.25, 0.3) is 22.9 Å². The number of carbonyl (C=O) groups is 2. The van der Waals surface area contributed by atoms with E-state index in [4.69, 9.17) is 14.9 Å². The van der Waals surface area contributed by atoms with Crippen molar-refractivity contribution in [3.8, 4) is 22.9 Å². The second-order valence-electron chi connectivity index (χ2n) is 5.88. The molecule has 0 saturated carbocycles. The monoisotopic (exact) mass is 364 g/mol. The molecular formula is C19H16N4O4. The average Bonchev–Trinajstić information content (AvgIpc) is 3.12. The fourth-order valence-corrected chi connectivity index (χ4v) is 2.35. The molecule has 0 bridgehead atoms. The molecule has 8 nitrogen and oxygen atoms in total. The largest absolute Gasteiger partial charge is 0.478 e. The fourth-order valence-electron chi connectivity index (χ4n) is 2.35. The van der Waals surface area contributed by atoms with Crippen LogP contribution in [0.2, 0.25) is 0 Å². The van der Waals surface area contributed by atoms with E-state index in [0.29, 0.717) is 28.4 Å². The second-order valence-corrected chi connectivity index (χ2v) is 5.88. The lowest BCUT2D eigenvalue weighted by Crippen LogP contribution is -2.14. The average molecular weight is 364 g/mol. The Morgan fingerprint density at radius 2 is 1.52 bits per heavy atom. The van der Waals surface area contributed by atoms with E-state index in [-0.39, 0.29) is 23.8 Å². The predicted octanol–water partition coefficient (Wildman–Crippen LogP) is 3.47. The molecule has 0 aliphatic rings. The molecule has 0 saturated heterocycles. The molecule has 0 spiro atoms. The number of nitrogens with zero attached hydrogens (tertiary/aromatic N) is 2. The Morgan fingerprint density at radius 3 is 2.00 bits per heavy atom. The molecule has 0 aliphatic heterocycles. The zero-order valence-electron chi connectivity index (χ0n) is 14.4. The minimum Gasteiger partial charge on any atom is -0.478 e. The molecule has 136 valence electrons. The Labute approximate surface area is 154 Å². The number of carboxylic acid groups (broad SMARTS) is 1. The fraction of sp³-hybridized carbons (Fsp3) is 0.105. The molecular weight excluding hydrogens is 348 g/mol. The van der Waals surface area contributed by atoms with Gasteiger partial charge in [0.05, 0.1) is 12.0 Å². The molecule has 0 aliphatic carbocycles. The summed E-state index contributed by atoms with van der Waals surface area (Å²) in [6, 6.07) is 13.0. The van der Waals surface area contributed by atoms with Crippen LogP contribution in [0.4, 0.5) is 5.69 Å². The lowest BCUT2D eigenvalue weighted by Gasteiger charge is -2.04. The summed E-state index contributed by atoms with van der Waals surface area (Å²) >= 11 is 0. The van der Waals surface area contributed by atoms with Gasteiger partial charge in [-0.05, 0) is 55.5 Å². The number of aromatic nitrogens is 2. The Balaban J connectivity index is 1.73. The van der Waals surface area contributed by atoms with Crippen LogP contribution in [0.5, 0.6) is 0 Å². The number of hydrogen-bond acceptors (Lipinski definition) is 6. The lowest BCUT2D eigenvalue weighted by molar-refractivity contribution is -0.115. The molecule has 3 N–H and O–H groups in total. The molecule has 2 aromatic carbocycles. The maximum Gasteiger partial charge on any atom is 0.335 e. The normalized spacial score (nSPS) is 10.4. The molecule has 1 amide bonds. The minimum absolute atomic E-state index is 0.0510. The van der Waals surface area contributed by atoms with Crippen molar-refractivity contribution in [1.29, 1.82) is 5.41 Å². The van der Waals surface area contributed by atoms with Crippen molar-refractivity contribution in [1.82, 2.24) is 10.2 Å². The van der Waals surface area contributed by atoms with Crippen LogP contribution in [-0.2, 0) is 4.79 Å². The first-order chi connectivity index (χ1) is 12.9. The van der Waals surface area contributed by atoms with Gasteiger partial charge in [-0.15, -0.1) is 10.2 Å². The van der Waals surface area contributed by atoms with Gasteiger partial charge in [-0.25, -0.2) is 4.79 Å². The first kappa shape index (κ1) is 18.0. The number of rotatable bonds is 6. The summed E-state index contributed by atoms with van der Waals surface area (Å²) < 4.78 is 5.64. The van der Waals surface area contributed by atoms with E-state index in [1.165, 1.54) is 12.1 Å². The third kappa shape index (κ3) is 4.43. The van der Waals surface area contributed by atoms with E-state index < -0.39 is 5.97 Å². The van der Waals surface area contributed by atoms with Crippen molar-refractivity contribution < 1.29 is 19.1 Å². The summed E-state index contributed by atoms with van der Waals surface area (Å²) in [4.78, 5) is 22.6. The molecule has 0 fully saturated rings. The van der Waals surface area contributed by atoms with Gasteiger partial charge in [0.2, 0.25) is 17.7 Å². The summed E-state index contributed by atoms with van der Waals surface area (Å²) in [6.07, 6.45) is 0.0510. The van der Waals surface area contributed by atoms with Crippen molar-refractivity contribution in [3.05, 3.63) is 54.1 Å². The maximum atomic E-state index is 11.7. The third-order valence-electron chi connectivity index (χ3n) is 3.65. The van der Waals surface area contributed by atoms with Gasteiger partial charge in [-0.2, -0.15) is 0 Å². The number of hydrogen-bond donors (Lipinski definition) is 3. The van der Waals surface area contributed by atoms with Gasteiger partial charge in [0, 0.05) is 22.5 Å². The zero-order valence-corrected chi connectivity index (χ0v) is 14.4. The highest BCUT2D eigenvalue weighted by Gasteiger charge is 2.12. The lowest BCUT2D eigenvalue weighted by atomic mass is 10.1. The smallest absolute Gasteiger partial charge is 0.335 e. The first-order valence-electron chi connectivity index (χ1n) is 8.04. The van der Waals surface area contributed by atoms with Crippen molar-refractivity contribution >= 4 is 23.3 Å². The third-order valence-corrected chi connectivity index (χ3v) is 3.65. The van der Waals surface area contributed by atoms with Gasteiger partial charge in [-0.1, -0.05) is 0 Å². The van der Waals surface area contributed by atoms with Crippen molar-refractivity contribution in [2.24, 2.45) is 0 Å². The van der Waals surface area contributed by atoms with Crippen LogP contribution in [0, 0.1) is 5.41 Å². The summed E-state index contributed by atoms with van der Waals surface area (Å²) in [5.74, 6) is -0.669. The number of nitrogens with one attached hydrogen (secondary N) is 2. The number of benzene rings is 2. The van der Waals surface area contributed by atoms with Crippen LogP contribution >= 0.6 is 0 Å². The number of carbonyl (C=O) groups excluding carboxylic acids is 1. The number of carboxylic acids is 1. The number of anilines is 1. The van der Waals surface area contributed by atoms with Crippen molar-refractivity contribution in [2.75, 3.05) is 5.32 Å². The van der Waals surface area contributed by atoms with E-state index in [1.807, 2.05) is 0 Å². The molecule has 0 atom stereocenters. The van der Waals surface area contributed by atoms with E-state index in [2.05, 4.69) is 15.5 Å². The van der Waals surface area contributed by atoms with E-state index >= 15 is 0 Å². The molecule has 3 rings (SSSR count). The number of aromatic carboxylic acids is 1. The van der Waals surface area contributed by atoms with Gasteiger partial charge in [0.25, 0.3) is 0 Å². The van der Waals surface area contributed by atoms with Crippen molar-refractivity contribution in [2.45, 2.75) is 13.3 Å². The van der Waals surface area contributed by atoms with Gasteiger partial charge < -0.3 is 20.2 Å². The van der Waals surface area contributed by atoms with Crippen LogP contribution in [0.1, 0.15) is 23.7 Å². The van der Waals surface area contributed by atoms with Crippen molar-refractivity contribution in [3.63, 3.8) is 0 Å². The predicted molar refractivity (Wildman–Crippen MR) is 98.8 cm³/mol. The highest BCUT2D eigenvalue weighted by molar-refractivity contribution is 6.04. The summed E-state index contributed by atoms with van der Waals surface area (Å²) in [6.45, 7) is 1.57. The molecule has 27 heavy (non-hydrogen) atoms. The zero-order chi connectivity index (χ0) is 19.4. The Kier molecular flexibility index (Phi) is 5.07. The highest BCUT2D eigenvalue weighted by atomic mass is 16.4.